The highest BCUT2D eigenvalue weighted by Crippen LogP contribution is 2.37. The van der Waals surface area contributed by atoms with Crippen molar-refractivity contribution in [3.8, 4) is 5.75 Å². The van der Waals surface area contributed by atoms with Gasteiger partial charge in [0.1, 0.15) is 16.8 Å². The van der Waals surface area contributed by atoms with Crippen molar-refractivity contribution in [2.45, 2.75) is 30.3 Å². The minimum Gasteiger partial charge on any atom is -0.497 e. The molecule has 0 spiro atoms. The number of nitrogens with zero attached hydrogens (tertiary/aromatic N) is 3. The number of thioether (sulfide) groups is 1. The van der Waals surface area contributed by atoms with E-state index in [1.165, 1.54) is 17.3 Å². The van der Waals surface area contributed by atoms with Crippen LogP contribution >= 0.6 is 11.8 Å². The smallest absolute Gasteiger partial charge is 0.240 e. The summed E-state index contributed by atoms with van der Waals surface area (Å²) in [7, 11) is 1.61. The molecule has 1 aliphatic rings. The molecule has 0 saturated carbocycles. The van der Waals surface area contributed by atoms with Gasteiger partial charge in [0.15, 0.2) is 0 Å². The Morgan fingerprint density at radius 3 is 2.50 bits per heavy atom. The summed E-state index contributed by atoms with van der Waals surface area (Å²) in [4.78, 5) is 13.1. The van der Waals surface area contributed by atoms with Crippen LogP contribution in [0.5, 0.6) is 5.75 Å². The number of fused-ring (bicyclic) bond motifs is 1. The average Bonchev–Trinajstić information content (AvgIpc) is 3.08. The molecule has 0 unspecified atom stereocenters. The Balaban J connectivity index is 1.62. The Labute approximate surface area is 167 Å². The van der Waals surface area contributed by atoms with E-state index >= 15 is 0 Å². The second-order valence-electron chi connectivity index (χ2n) is 6.64. The Bertz CT molecular complexity index is 985. The number of nitrogens with one attached hydrogen (secondary N) is 2. The van der Waals surface area contributed by atoms with E-state index in [1.54, 1.807) is 7.11 Å². The van der Waals surface area contributed by atoms with Crippen LogP contribution in [0.2, 0.25) is 0 Å². The number of rotatable bonds is 4. The van der Waals surface area contributed by atoms with E-state index in [1.807, 2.05) is 54.9 Å². The highest BCUT2D eigenvalue weighted by molar-refractivity contribution is 8.00. The molecule has 8 heteroatoms. The average molecular weight is 395 g/mol. The fourth-order valence-electron chi connectivity index (χ4n) is 3.07. The molecule has 2 atom stereocenters. The van der Waals surface area contributed by atoms with Gasteiger partial charge in [-0.3, -0.25) is 4.79 Å². The third-order valence-electron chi connectivity index (χ3n) is 4.65. The number of hydrogen-bond donors (Lipinski definition) is 2. The number of anilines is 1. The van der Waals surface area contributed by atoms with E-state index in [2.05, 4.69) is 33.1 Å². The molecular formula is C20H21N5O2S. The molecule has 0 radical (unpaired) electrons. The van der Waals surface area contributed by atoms with Crippen molar-refractivity contribution in [2.75, 3.05) is 17.9 Å². The summed E-state index contributed by atoms with van der Waals surface area (Å²) in [6.45, 7) is 3.93. The van der Waals surface area contributed by atoms with Gasteiger partial charge in [-0.2, -0.15) is 0 Å². The number of benzene rings is 2. The zero-order valence-corrected chi connectivity index (χ0v) is 16.7. The van der Waals surface area contributed by atoms with Crippen molar-refractivity contribution in [3.05, 3.63) is 65.5 Å². The van der Waals surface area contributed by atoms with Crippen molar-refractivity contribution in [3.63, 3.8) is 0 Å². The van der Waals surface area contributed by atoms with Crippen LogP contribution in [0.1, 0.15) is 23.0 Å². The number of ether oxygens (including phenoxy) is 1. The van der Waals surface area contributed by atoms with Crippen molar-refractivity contribution in [1.29, 1.82) is 0 Å². The third-order valence-corrected chi connectivity index (χ3v) is 5.87. The number of carbonyl (C=O) groups is 1. The lowest BCUT2D eigenvalue weighted by Crippen LogP contribution is -2.41. The maximum absolute atomic E-state index is 13.1. The van der Waals surface area contributed by atoms with E-state index in [-0.39, 0.29) is 11.9 Å². The maximum atomic E-state index is 13.1. The molecule has 2 heterocycles. The number of aryl methyl sites for hydroxylation is 2. The molecule has 0 aliphatic carbocycles. The number of methoxy groups -OCH3 is 1. The first-order valence-corrected chi connectivity index (χ1v) is 9.80. The third kappa shape index (κ3) is 3.55. The van der Waals surface area contributed by atoms with Gasteiger partial charge >= 0.3 is 0 Å². The van der Waals surface area contributed by atoms with E-state index in [9.17, 15) is 4.79 Å². The van der Waals surface area contributed by atoms with Crippen molar-refractivity contribution < 1.29 is 9.53 Å². The molecule has 4 rings (SSSR count). The summed E-state index contributed by atoms with van der Waals surface area (Å²) in [6.07, 6.45) is 0. The van der Waals surface area contributed by atoms with Gasteiger partial charge < -0.3 is 15.5 Å². The zero-order chi connectivity index (χ0) is 19.7. The van der Waals surface area contributed by atoms with Crippen LogP contribution < -0.4 is 15.5 Å². The minimum atomic E-state index is -0.402. The van der Waals surface area contributed by atoms with Gasteiger partial charge in [0.2, 0.25) is 11.1 Å². The molecule has 0 bridgehead atoms. The minimum absolute atomic E-state index is 0.0971. The van der Waals surface area contributed by atoms with Crippen LogP contribution in [0, 0.1) is 13.8 Å². The topological polar surface area (TPSA) is 81.1 Å². The van der Waals surface area contributed by atoms with E-state index < -0.39 is 5.25 Å². The van der Waals surface area contributed by atoms with Gasteiger partial charge in [-0.25, -0.2) is 4.68 Å². The normalized spacial score (nSPS) is 18.1. The van der Waals surface area contributed by atoms with Crippen LogP contribution in [0.25, 0.3) is 0 Å². The molecule has 3 aromatic rings. The van der Waals surface area contributed by atoms with Crippen LogP contribution in [0.15, 0.2) is 53.7 Å². The standard InChI is InChI=1S/C20H21N5O2S/c1-12-4-6-14(7-5-12)17-18(28-20-23-22-13(2)25(20)24-17)19(26)21-15-8-10-16(27-3)11-9-15/h4-11,17-18,24H,1-3H3,(H,21,26)/t17-,18+/m0/s1. The Morgan fingerprint density at radius 1 is 1.11 bits per heavy atom. The van der Waals surface area contributed by atoms with Crippen LogP contribution in [-0.4, -0.2) is 33.1 Å². The van der Waals surface area contributed by atoms with Crippen LogP contribution in [-0.2, 0) is 4.79 Å². The first kappa shape index (κ1) is 18.4. The highest BCUT2D eigenvalue weighted by atomic mass is 32.2. The van der Waals surface area contributed by atoms with E-state index in [4.69, 9.17) is 4.74 Å². The monoisotopic (exact) mass is 395 g/mol. The quantitative estimate of drug-likeness (QED) is 0.706. The number of amides is 1. The summed E-state index contributed by atoms with van der Waals surface area (Å²) in [5.41, 5.74) is 6.33. The van der Waals surface area contributed by atoms with Gasteiger partial charge in [0, 0.05) is 5.69 Å². The SMILES string of the molecule is COc1ccc(NC(=O)[C@@H]2Sc3nnc(C)n3N[C@H]2c2ccc(C)cc2)cc1. The second kappa shape index (κ2) is 7.55. The molecule has 144 valence electrons. The summed E-state index contributed by atoms with van der Waals surface area (Å²) in [5, 5.41) is 11.6. The predicted molar refractivity (Wildman–Crippen MR) is 109 cm³/mol. The molecule has 2 aromatic carbocycles. The largest absolute Gasteiger partial charge is 0.497 e. The molecule has 0 fully saturated rings. The van der Waals surface area contributed by atoms with Crippen LogP contribution in [0.3, 0.4) is 0 Å². The lowest BCUT2D eigenvalue weighted by molar-refractivity contribution is -0.116. The van der Waals surface area contributed by atoms with Gasteiger partial charge in [0.25, 0.3) is 0 Å². The molecule has 1 aliphatic heterocycles. The Morgan fingerprint density at radius 2 is 1.82 bits per heavy atom. The summed E-state index contributed by atoms with van der Waals surface area (Å²) in [5.74, 6) is 1.40. The molecule has 28 heavy (non-hydrogen) atoms. The molecule has 2 N–H and O–H groups in total. The fourth-order valence-corrected chi connectivity index (χ4v) is 4.20. The van der Waals surface area contributed by atoms with Gasteiger partial charge in [-0.15, -0.1) is 10.2 Å². The second-order valence-corrected chi connectivity index (χ2v) is 7.75. The molecule has 1 amide bonds. The fraction of sp³-hybridized carbons (Fsp3) is 0.250. The molecule has 1 aromatic heterocycles. The van der Waals surface area contributed by atoms with Crippen LogP contribution in [0.4, 0.5) is 5.69 Å². The number of carbonyl (C=O) groups excluding carboxylic acids is 1. The van der Waals surface area contributed by atoms with Gasteiger partial charge in [-0.1, -0.05) is 41.6 Å². The maximum Gasteiger partial charge on any atom is 0.240 e. The lowest BCUT2D eigenvalue weighted by atomic mass is 10.0. The first-order chi connectivity index (χ1) is 13.5. The molecular weight excluding hydrogens is 374 g/mol. The number of hydrogen-bond acceptors (Lipinski definition) is 6. The number of aromatic nitrogens is 3. The molecule has 0 saturated heterocycles. The Hall–Kier alpha value is -3.00. The lowest BCUT2D eigenvalue weighted by Gasteiger charge is -2.32. The summed E-state index contributed by atoms with van der Waals surface area (Å²) < 4.78 is 7.01. The highest BCUT2D eigenvalue weighted by Gasteiger charge is 2.37. The van der Waals surface area contributed by atoms with E-state index in [0.717, 1.165) is 22.8 Å². The van der Waals surface area contributed by atoms with Gasteiger partial charge in [0.05, 0.1) is 13.2 Å². The summed E-state index contributed by atoms with van der Waals surface area (Å²) in [6, 6.07) is 15.3. The van der Waals surface area contributed by atoms with Crippen molar-refractivity contribution in [1.82, 2.24) is 14.9 Å². The Kier molecular flexibility index (Phi) is 4.95. The van der Waals surface area contributed by atoms with Crippen molar-refractivity contribution >= 4 is 23.4 Å². The zero-order valence-electron chi connectivity index (χ0n) is 15.8. The first-order valence-electron chi connectivity index (χ1n) is 8.92. The van der Waals surface area contributed by atoms with Gasteiger partial charge in [-0.05, 0) is 43.7 Å². The summed E-state index contributed by atoms with van der Waals surface area (Å²) >= 11 is 1.41. The van der Waals surface area contributed by atoms with E-state index in [0.29, 0.717) is 5.16 Å². The molecule has 7 nitrogen and oxygen atoms in total. The van der Waals surface area contributed by atoms with Crippen molar-refractivity contribution in [2.24, 2.45) is 0 Å². The predicted octanol–water partition coefficient (Wildman–Crippen LogP) is 3.30.